The van der Waals surface area contributed by atoms with Crippen LogP contribution in [0.25, 0.3) is 16.5 Å². The fraction of sp³-hybridized carbons (Fsp3) is 0.268. The summed E-state index contributed by atoms with van der Waals surface area (Å²) in [4.78, 5) is 24.9. The molecule has 3 N–H and O–H groups in total. The van der Waals surface area contributed by atoms with Crippen LogP contribution in [0.4, 0.5) is 27.9 Å². The first kappa shape index (κ1) is 37.5. The Morgan fingerprint density at radius 2 is 1.65 bits per heavy atom. The number of ether oxygens (including phenoxy) is 4. The largest absolute Gasteiger partial charge is 0.497 e. The van der Waals surface area contributed by atoms with Crippen LogP contribution < -0.4 is 30.2 Å². The number of amides is 2. The molecule has 0 saturated carbocycles. The zero-order valence-corrected chi connectivity index (χ0v) is 32.5. The maximum absolute atomic E-state index is 13.5. The Kier molecular flexibility index (Phi) is 11.4. The second-order valence-electron chi connectivity index (χ2n) is 13.8. The first-order valence-electron chi connectivity index (χ1n) is 18.0. The minimum Gasteiger partial charge on any atom is -0.497 e. The summed E-state index contributed by atoms with van der Waals surface area (Å²) in [5, 5.41) is 16.7. The Morgan fingerprint density at radius 1 is 0.891 bits per heavy atom. The topological polar surface area (TPSA) is 137 Å². The summed E-state index contributed by atoms with van der Waals surface area (Å²) in [5.41, 5.74) is 3.33. The molecule has 2 amide bonds. The van der Waals surface area contributed by atoms with Gasteiger partial charge in [0.2, 0.25) is 11.8 Å². The Labute approximate surface area is 322 Å². The lowest BCUT2D eigenvalue weighted by Gasteiger charge is -2.26. The number of nitrogens with zero attached hydrogens (tertiary/aromatic N) is 5. The number of carbonyl (C=O) groups excluding carboxylic acids is 1. The number of aromatic nitrogens is 4. The number of morpholine rings is 1. The van der Waals surface area contributed by atoms with E-state index in [0.29, 0.717) is 52.9 Å². The number of hydrogen-bond donors (Lipinski definition) is 3. The number of benzene rings is 4. The van der Waals surface area contributed by atoms with Gasteiger partial charge in [-0.2, -0.15) is 10.1 Å². The van der Waals surface area contributed by atoms with E-state index in [1.54, 1.807) is 24.1 Å². The van der Waals surface area contributed by atoms with E-state index in [9.17, 15) is 4.79 Å². The first-order valence-corrected chi connectivity index (χ1v) is 20.8. The first-order chi connectivity index (χ1) is 26.6. The molecule has 55 heavy (non-hydrogen) atoms. The number of rotatable bonds is 13. The van der Waals surface area contributed by atoms with Gasteiger partial charge in [-0.3, -0.25) is 10.2 Å². The third-order valence-electron chi connectivity index (χ3n) is 8.96. The molecule has 0 bridgehead atoms. The average molecular weight is 763 g/mol. The summed E-state index contributed by atoms with van der Waals surface area (Å²) in [5.74, 6) is 3.14. The van der Waals surface area contributed by atoms with Gasteiger partial charge in [0.05, 0.1) is 31.7 Å². The third-order valence-corrected chi connectivity index (χ3v) is 10.4. The van der Waals surface area contributed by atoms with Crippen molar-refractivity contribution in [3.63, 3.8) is 0 Å². The molecule has 1 aliphatic heterocycles. The number of hydrogen-bond acceptors (Lipinski definition) is 10. The Morgan fingerprint density at radius 3 is 2.42 bits per heavy atom. The van der Waals surface area contributed by atoms with E-state index in [0.717, 1.165) is 59.9 Å². The van der Waals surface area contributed by atoms with Gasteiger partial charge in [0, 0.05) is 72.6 Å². The number of carbonyl (C=O) groups is 1. The van der Waals surface area contributed by atoms with Gasteiger partial charge >= 0.3 is 6.03 Å². The van der Waals surface area contributed by atoms with Crippen molar-refractivity contribution in [2.75, 3.05) is 81.3 Å². The van der Waals surface area contributed by atoms with Crippen molar-refractivity contribution in [3.8, 4) is 28.8 Å². The Bertz CT molecular complexity index is 2270. The molecular formula is C41H46N8O5S. The lowest BCUT2D eigenvalue weighted by molar-refractivity contribution is 0.0322. The lowest BCUT2D eigenvalue weighted by atomic mass is 10.1. The van der Waals surface area contributed by atoms with Crippen LogP contribution in [0.3, 0.4) is 0 Å². The van der Waals surface area contributed by atoms with E-state index in [4.69, 9.17) is 24.0 Å². The second-order valence-corrected chi connectivity index (χ2v) is 17.9. The summed E-state index contributed by atoms with van der Waals surface area (Å²) >= 11 is 0. The van der Waals surface area contributed by atoms with Crippen molar-refractivity contribution >= 4 is 50.0 Å². The number of urea groups is 1. The normalized spacial score (nSPS) is 13.6. The van der Waals surface area contributed by atoms with Gasteiger partial charge < -0.3 is 29.6 Å². The molecule has 2 aromatic heterocycles. The minimum atomic E-state index is -1.15. The fourth-order valence-corrected chi connectivity index (χ4v) is 6.82. The number of fused-ring (bicyclic) bond motifs is 1. The smallest absolute Gasteiger partial charge is 0.324 e. The van der Waals surface area contributed by atoms with Crippen molar-refractivity contribution in [1.82, 2.24) is 24.6 Å². The van der Waals surface area contributed by atoms with E-state index < -0.39 is 16.1 Å². The monoisotopic (exact) mass is 762 g/mol. The van der Waals surface area contributed by atoms with E-state index >= 15 is 0 Å². The molecule has 3 heterocycles. The van der Waals surface area contributed by atoms with Gasteiger partial charge in [-0.25, -0.2) is 24.5 Å². The van der Waals surface area contributed by atoms with Crippen LogP contribution in [0.2, 0.25) is 0 Å². The second kappa shape index (κ2) is 16.7. The molecule has 0 atom stereocenters. The standard InChI is InChI=1S/C41H46N8O5S/c1-28-10-12-30(13-11-28)49-37(27-39(47-49)55(3,4)5)45-41(50)44-35-14-15-36(34-9-7-6-8-33(34)35)54-38-16-17-42-40(46-38)43-29-24-31(51-2)26-32(25-29)53-23-20-48-18-21-52-22-19-48/h6-17,24-27H,18-23H2,1-5H3,(H,42,43,46)(H2,44,45,50). The van der Waals surface area contributed by atoms with Crippen LogP contribution >= 0.6 is 10.0 Å². The third kappa shape index (κ3) is 9.46. The molecule has 0 aliphatic carbocycles. The molecule has 1 aliphatic rings. The van der Waals surface area contributed by atoms with E-state index in [1.807, 2.05) is 91.9 Å². The van der Waals surface area contributed by atoms with E-state index in [-0.39, 0.29) is 0 Å². The molecular weight excluding hydrogens is 717 g/mol. The summed E-state index contributed by atoms with van der Waals surface area (Å²) in [6, 6.07) is 28.2. The van der Waals surface area contributed by atoms with Gasteiger partial charge in [-0.1, -0.05) is 42.0 Å². The number of nitrogens with one attached hydrogen (secondary N) is 3. The number of aryl methyl sites for hydroxylation is 1. The molecule has 0 unspecified atom stereocenters. The molecule has 14 heteroatoms. The molecule has 13 nitrogen and oxygen atoms in total. The van der Waals surface area contributed by atoms with Crippen molar-refractivity contribution < 1.29 is 23.7 Å². The predicted molar refractivity (Wildman–Crippen MR) is 220 cm³/mol. The molecule has 1 fully saturated rings. The maximum Gasteiger partial charge on any atom is 0.324 e. The highest BCUT2D eigenvalue weighted by atomic mass is 32.3. The summed E-state index contributed by atoms with van der Waals surface area (Å²) < 4.78 is 25.1. The molecule has 7 rings (SSSR count). The van der Waals surface area contributed by atoms with Crippen LogP contribution in [-0.2, 0) is 4.74 Å². The van der Waals surface area contributed by atoms with Crippen LogP contribution in [0.1, 0.15) is 5.56 Å². The van der Waals surface area contributed by atoms with Gasteiger partial charge in [0.15, 0.2) is 0 Å². The maximum atomic E-state index is 13.5. The summed E-state index contributed by atoms with van der Waals surface area (Å²) in [6.45, 7) is 6.69. The predicted octanol–water partition coefficient (Wildman–Crippen LogP) is 8.08. The summed E-state index contributed by atoms with van der Waals surface area (Å²) in [6.07, 6.45) is 8.15. The SMILES string of the molecule is COc1cc(Nc2nccc(Oc3ccc(NC(=O)Nc4cc(S(C)(C)C)nn4-c4ccc(C)cc4)c4ccccc34)n2)cc(OCCN2CCOCC2)c1. The van der Waals surface area contributed by atoms with Gasteiger partial charge in [-0.15, -0.1) is 0 Å². The zero-order valence-electron chi connectivity index (χ0n) is 31.7. The van der Waals surface area contributed by atoms with Crippen molar-refractivity contribution in [1.29, 1.82) is 0 Å². The van der Waals surface area contributed by atoms with Crippen LogP contribution in [0.15, 0.2) is 102 Å². The van der Waals surface area contributed by atoms with Crippen molar-refractivity contribution in [2.45, 2.75) is 11.9 Å². The highest BCUT2D eigenvalue weighted by molar-refractivity contribution is 8.32. The van der Waals surface area contributed by atoms with Gasteiger partial charge in [0.1, 0.15) is 34.7 Å². The van der Waals surface area contributed by atoms with Crippen molar-refractivity contribution in [2.24, 2.45) is 0 Å². The highest BCUT2D eigenvalue weighted by Gasteiger charge is 2.20. The van der Waals surface area contributed by atoms with Gasteiger partial charge in [-0.05, 0) is 50.0 Å². The quantitative estimate of drug-likeness (QED) is 0.106. The van der Waals surface area contributed by atoms with Crippen LogP contribution in [0, 0.1) is 6.92 Å². The Balaban J connectivity index is 1.05. The Hall–Kier alpha value is -5.83. The summed E-state index contributed by atoms with van der Waals surface area (Å²) in [7, 11) is 0.466. The molecule has 286 valence electrons. The van der Waals surface area contributed by atoms with E-state index in [2.05, 4.69) is 49.6 Å². The molecule has 4 aromatic carbocycles. The lowest BCUT2D eigenvalue weighted by Crippen LogP contribution is -2.38. The minimum absolute atomic E-state index is 0.338. The van der Waals surface area contributed by atoms with Gasteiger partial charge in [0.25, 0.3) is 0 Å². The van der Waals surface area contributed by atoms with E-state index in [1.165, 1.54) is 0 Å². The zero-order chi connectivity index (χ0) is 38.4. The van der Waals surface area contributed by atoms with Crippen LogP contribution in [0.5, 0.6) is 23.1 Å². The number of methoxy groups -OCH3 is 1. The molecule has 0 spiro atoms. The fourth-order valence-electron chi connectivity index (χ4n) is 6.03. The van der Waals surface area contributed by atoms with Crippen molar-refractivity contribution in [3.05, 3.63) is 103 Å². The average Bonchev–Trinajstić information content (AvgIpc) is 3.61. The molecule has 0 radical (unpaired) electrons. The molecule has 1 saturated heterocycles. The molecule has 6 aromatic rings. The number of anilines is 4. The van der Waals surface area contributed by atoms with Crippen LogP contribution in [-0.4, -0.2) is 96.0 Å². The highest BCUT2D eigenvalue weighted by Crippen LogP contribution is 2.45.